The first-order valence-corrected chi connectivity index (χ1v) is 12.3. The van der Waals surface area contributed by atoms with Gasteiger partial charge in [-0.3, -0.25) is 14.2 Å². The Bertz CT molecular complexity index is 714. The van der Waals surface area contributed by atoms with E-state index in [1.165, 1.54) is 19.2 Å². The molecule has 0 aliphatic heterocycles. The van der Waals surface area contributed by atoms with Crippen molar-refractivity contribution in [3.63, 3.8) is 0 Å². The molecule has 0 heterocycles. The van der Waals surface area contributed by atoms with Crippen LogP contribution in [0.3, 0.4) is 0 Å². The number of carbonyl (C=O) groups is 3. The lowest BCUT2D eigenvalue weighted by molar-refractivity contribution is -0.146. The number of hydrogen-bond acceptors (Lipinski definition) is 9. The van der Waals surface area contributed by atoms with E-state index in [0.29, 0.717) is 0 Å². The van der Waals surface area contributed by atoms with E-state index < -0.39 is 31.4 Å². The molecule has 0 aliphatic carbocycles. The first kappa shape index (κ1) is 26.4. The molecule has 1 aromatic rings. The van der Waals surface area contributed by atoms with E-state index in [2.05, 4.69) is 0 Å². The van der Waals surface area contributed by atoms with Gasteiger partial charge in [-0.25, -0.2) is 4.79 Å². The second kappa shape index (κ2) is 14.4. The maximum Gasteiger partial charge on any atom is 0.345 e. The molecule has 2 unspecified atom stereocenters. The molecule has 0 fully saturated rings. The fraction of sp³-hybridized carbons (Fsp3) is 0.526. The highest BCUT2D eigenvalue weighted by atomic mass is 31.2. The second-order valence-electron chi connectivity index (χ2n) is 5.95. The van der Waals surface area contributed by atoms with Crippen LogP contribution in [0.1, 0.15) is 37.0 Å². The summed E-state index contributed by atoms with van der Waals surface area (Å²) >= 11 is 0. The molecule has 0 saturated heterocycles. The number of rotatable bonds is 14. The largest absolute Gasteiger partial charge is 0.459 e. The predicted molar refractivity (Wildman–Crippen MR) is 112 cm³/mol. The highest BCUT2D eigenvalue weighted by molar-refractivity contribution is 7.53. The topological polar surface area (TPSA) is 114 Å². The number of carbonyl (C=O) groups excluding carboxylic acids is 3. The predicted octanol–water partition coefficient (Wildman–Crippen LogP) is 3.77. The van der Waals surface area contributed by atoms with Crippen LogP contribution >= 0.6 is 16.4 Å². The summed E-state index contributed by atoms with van der Waals surface area (Å²) in [5.41, 5.74) is 0.236. The van der Waals surface area contributed by atoms with Crippen molar-refractivity contribution in [1.29, 1.82) is 0 Å². The molecule has 9 nitrogen and oxygen atoms in total. The fourth-order valence-corrected chi connectivity index (χ4v) is 4.71. The third-order valence-electron chi connectivity index (χ3n) is 3.76. The summed E-state index contributed by atoms with van der Waals surface area (Å²) in [5, 5.41) is 0. The molecule has 0 N–H and O–H groups in total. The van der Waals surface area contributed by atoms with Crippen LogP contribution in [0.4, 0.5) is 0 Å². The van der Waals surface area contributed by atoms with Crippen molar-refractivity contribution in [2.24, 2.45) is 5.92 Å². The summed E-state index contributed by atoms with van der Waals surface area (Å²) in [6, 6.07) is 8.06. The molecule has 0 spiro atoms. The summed E-state index contributed by atoms with van der Waals surface area (Å²) in [4.78, 5) is 36.5. The zero-order valence-corrected chi connectivity index (χ0v) is 19.2. The smallest absolute Gasteiger partial charge is 0.345 e. The van der Waals surface area contributed by atoms with Gasteiger partial charge < -0.3 is 23.0 Å². The van der Waals surface area contributed by atoms with Crippen LogP contribution in [0.5, 0.6) is 0 Å². The minimum atomic E-state index is -3.55. The Hall–Kier alpha value is -1.63. The Morgan fingerprint density at radius 2 is 1.70 bits per heavy atom. The van der Waals surface area contributed by atoms with Crippen LogP contribution in [0.2, 0.25) is 0 Å². The quantitative estimate of drug-likeness (QED) is 0.176. The first-order chi connectivity index (χ1) is 14.3. The van der Waals surface area contributed by atoms with Crippen LogP contribution in [-0.4, -0.2) is 50.7 Å². The number of ether oxygens (including phenoxy) is 2. The number of hydrogen-bond donors (Lipinski definition) is 0. The van der Waals surface area contributed by atoms with Gasteiger partial charge in [0.1, 0.15) is 6.35 Å². The molecule has 0 aromatic heterocycles. The van der Waals surface area contributed by atoms with E-state index in [4.69, 9.17) is 23.0 Å². The van der Waals surface area contributed by atoms with Crippen molar-refractivity contribution in [3.8, 4) is 0 Å². The van der Waals surface area contributed by atoms with E-state index in [0.717, 1.165) is 0 Å². The zero-order valence-electron chi connectivity index (χ0n) is 17.3. The number of esters is 3. The highest BCUT2D eigenvalue weighted by Crippen LogP contribution is 2.50. The zero-order chi connectivity index (χ0) is 22.4. The minimum absolute atomic E-state index is 0.0380. The molecule has 2 atom stereocenters. The maximum atomic E-state index is 12.8. The van der Waals surface area contributed by atoms with Crippen LogP contribution < -0.4 is 0 Å². The van der Waals surface area contributed by atoms with Crippen molar-refractivity contribution in [2.75, 3.05) is 32.8 Å². The van der Waals surface area contributed by atoms with Crippen molar-refractivity contribution in [2.45, 2.75) is 26.7 Å². The van der Waals surface area contributed by atoms with Gasteiger partial charge in [0.05, 0.1) is 39.7 Å². The van der Waals surface area contributed by atoms with Gasteiger partial charge >= 0.3 is 25.5 Å². The second-order valence-corrected chi connectivity index (χ2v) is 9.04. The Balaban J connectivity index is 2.75. The monoisotopic (exact) mass is 462 g/mol. The standard InChI is InChI=1S/C19H28O9P2/c1-4-26-30(23,27-5-2)13-16(18(21)25-14-29-24-3)11-12-17(20)28-19(22)15-9-7-6-8-10-15/h6-10,16,29H,4-5,11-14H2,1-3H3. The molecule has 0 bridgehead atoms. The molecular formula is C19H28O9P2. The summed E-state index contributed by atoms with van der Waals surface area (Å²) in [6.45, 7) is 3.59. The molecule has 1 aromatic carbocycles. The van der Waals surface area contributed by atoms with Gasteiger partial charge in [0.25, 0.3) is 0 Å². The van der Waals surface area contributed by atoms with Gasteiger partial charge in [-0.2, -0.15) is 0 Å². The van der Waals surface area contributed by atoms with Gasteiger partial charge in [-0.1, -0.05) is 18.2 Å². The molecule has 30 heavy (non-hydrogen) atoms. The number of benzene rings is 1. The molecule has 11 heteroatoms. The molecule has 0 amide bonds. The lowest BCUT2D eigenvalue weighted by Crippen LogP contribution is -2.24. The molecule has 168 valence electrons. The molecule has 0 aliphatic rings. The highest BCUT2D eigenvalue weighted by Gasteiger charge is 2.34. The molecule has 1 rings (SSSR count). The Morgan fingerprint density at radius 3 is 2.27 bits per heavy atom. The molecule has 0 radical (unpaired) electrons. The minimum Gasteiger partial charge on any atom is -0.459 e. The summed E-state index contributed by atoms with van der Waals surface area (Å²) < 4.78 is 38.1. The van der Waals surface area contributed by atoms with Crippen LogP contribution in [0.25, 0.3) is 0 Å². The summed E-state index contributed by atoms with van der Waals surface area (Å²) in [7, 11) is -2.12. The maximum absolute atomic E-state index is 12.8. The van der Waals surface area contributed by atoms with Gasteiger partial charge in [-0.05, 0) is 32.4 Å². The fourth-order valence-electron chi connectivity index (χ4n) is 2.45. The third-order valence-corrected chi connectivity index (χ3v) is 6.50. The van der Waals surface area contributed by atoms with E-state index in [9.17, 15) is 18.9 Å². The third kappa shape index (κ3) is 9.92. The van der Waals surface area contributed by atoms with E-state index in [1.54, 1.807) is 32.0 Å². The molecular weight excluding hydrogens is 434 g/mol. The Labute approximate surface area is 178 Å². The first-order valence-electron chi connectivity index (χ1n) is 9.45. The lowest BCUT2D eigenvalue weighted by Gasteiger charge is -2.22. The van der Waals surface area contributed by atoms with E-state index in [1.807, 2.05) is 0 Å². The van der Waals surface area contributed by atoms with Crippen molar-refractivity contribution >= 4 is 34.3 Å². The van der Waals surface area contributed by atoms with Crippen molar-refractivity contribution < 1.29 is 42.0 Å². The van der Waals surface area contributed by atoms with Crippen LogP contribution in [0.15, 0.2) is 30.3 Å². The lowest BCUT2D eigenvalue weighted by atomic mass is 10.1. The van der Waals surface area contributed by atoms with Gasteiger partial charge in [0.15, 0.2) is 0 Å². The van der Waals surface area contributed by atoms with Gasteiger partial charge in [0.2, 0.25) is 0 Å². The SMILES string of the molecule is CCOP(=O)(CC(CCC(=O)OC(=O)c1ccccc1)C(=O)OCPOC)OCC. The van der Waals surface area contributed by atoms with Gasteiger partial charge in [0, 0.05) is 13.5 Å². The van der Waals surface area contributed by atoms with Crippen molar-refractivity contribution in [1.82, 2.24) is 0 Å². The molecule has 0 saturated carbocycles. The normalized spacial score (nSPS) is 12.6. The average molecular weight is 462 g/mol. The van der Waals surface area contributed by atoms with E-state index >= 15 is 0 Å². The Morgan fingerprint density at radius 1 is 1.07 bits per heavy atom. The average Bonchev–Trinajstić information content (AvgIpc) is 2.72. The van der Waals surface area contributed by atoms with E-state index in [-0.39, 0.29) is 52.9 Å². The Kier molecular flexibility index (Phi) is 12.7. The van der Waals surface area contributed by atoms with Crippen molar-refractivity contribution in [3.05, 3.63) is 35.9 Å². The van der Waals surface area contributed by atoms with Crippen LogP contribution in [0, 0.1) is 5.92 Å². The van der Waals surface area contributed by atoms with Gasteiger partial charge in [-0.15, -0.1) is 0 Å². The summed E-state index contributed by atoms with van der Waals surface area (Å²) in [6.07, 6.45) is -0.497. The summed E-state index contributed by atoms with van der Waals surface area (Å²) in [5.74, 6) is -3.17. The van der Waals surface area contributed by atoms with Crippen LogP contribution in [-0.2, 0) is 37.2 Å².